The lowest BCUT2D eigenvalue weighted by Gasteiger charge is -2.19. The van der Waals surface area contributed by atoms with Gasteiger partial charge in [-0.2, -0.15) is 0 Å². The van der Waals surface area contributed by atoms with Gasteiger partial charge in [-0.25, -0.2) is 4.39 Å². The molecule has 0 spiro atoms. The molecule has 18 heavy (non-hydrogen) atoms. The monoisotopic (exact) mass is 254 g/mol. The number of benzene rings is 1. The molecule has 3 nitrogen and oxygen atoms in total. The summed E-state index contributed by atoms with van der Waals surface area (Å²) in [6.45, 7) is 7.33. The molecule has 1 aromatic carbocycles. The average Bonchev–Trinajstić information content (AvgIpc) is 2.20. The fraction of sp³-hybridized carbons (Fsp3) is 0.500. The molecule has 1 rings (SSSR count). The van der Waals surface area contributed by atoms with Crippen LogP contribution < -0.4 is 4.74 Å². The van der Waals surface area contributed by atoms with Gasteiger partial charge in [0.15, 0.2) is 0 Å². The van der Waals surface area contributed by atoms with E-state index in [-0.39, 0.29) is 24.8 Å². The summed E-state index contributed by atoms with van der Waals surface area (Å²) >= 11 is 0. The van der Waals surface area contributed by atoms with Gasteiger partial charge in [-0.05, 0) is 51.5 Å². The molecule has 0 N–H and O–H groups in total. The molecule has 0 heterocycles. The Morgan fingerprint density at radius 1 is 1.33 bits per heavy atom. The average molecular weight is 254 g/mol. The van der Waals surface area contributed by atoms with E-state index < -0.39 is 5.60 Å². The summed E-state index contributed by atoms with van der Waals surface area (Å²) in [5, 5.41) is 0. The Balaban J connectivity index is 2.38. The normalized spacial score (nSPS) is 11.2. The van der Waals surface area contributed by atoms with Gasteiger partial charge in [0.25, 0.3) is 0 Å². The van der Waals surface area contributed by atoms with Crippen LogP contribution in [0, 0.1) is 12.7 Å². The number of carbonyl (C=O) groups excluding carboxylic acids is 1. The molecule has 4 heteroatoms. The maximum Gasteiger partial charge on any atom is 0.309 e. The number of hydrogen-bond acceptors (Lipinski definition) is 3. The summed E-state index contributed by atoms with van der Waals surface area (Å²) < 4.78 is 23.5. The first kappa shape index (κ1) is 14.5. The van der Waals surface area contributed by atoms with Crippen LogP contribution in [0.15, 0.2) is 18.2 Å². The highest BCUT2D eigenvalue weighted by molar-refractivity contribution is 5.69. The molecule has 0 saturated carbocycles. The first-order chi connectivity index (χ1) is 8.28. The van der Waals surface area contributed by atoms with Crippen molar-refractivity contribution in [3.8, 4) is 5.75 Å². The smallest absolute Gasteiger partial charge is 0.309 e. The Morgan fingerprint density at radius 2 is 2.00 bits per heavy atom. The summed E-state index contributed by atoms with van der Waals surface area (Å²) in [6.07, 6.45) is 0.174. The molecule has 0 radical (unpaired) electrons. The molecule has 0 aliphatic heterocycles. The van der Waals surface area contributed by atoms with Crippen molar-refractivity contribution in [3.05, 3.63) is 29.6 Å². The molecule has 100 valence electrons. The molecule has 0 atom stereocenters. The van der Waals surface area contributed by atoms with Crippen LogP contribution in [-0.4, -0.2) is 18.2 Å². The van der Waals surface area contributed by atoms with Crippen molar-refractivity contribution in [1.29, 1.82) is 0 Å². The fourth-order valence-electron chi connectivity index (χ4n) is 1.35. The van der Waals surface area contributed by atoms with Crippen molar-refractivity contribution in [2.75, 3.05) is 6.61 Å². The van der Waals surface area contributed by atoms with Crippen LogP contribution in [0.5, 0.6) is 5.75 Å². The number of hydrogen-bond donors (Lipinski definition) is 0. The van der Waals surface area contributed by atoms with Crippen molar-refractivity contribution in [1.82, 2.24) is 0 Å². The van der Waals surface area contributed by atoms with Crippen LogP contribution in [0.4, 0.5) is 4.39 Å². The largest absolute Gasteiger partial charge is 0.493 e. The molecule has 1 aromatic rings. The second-order valence-electron chi connectivity index (χ2n) is 5.10. The van der Waals surface area contributed by atoms with E-state index in [0.29, 0.717) is 11.3 Å². The lowest BCUT2D eigenvalue weighted by molar-refractivity contribution is -0.155. The quantitative estimate of drug-likeness (QED) is 0.774. The summed E-state index contributed by atoms with van der Waals surface area (Å²) in [6, 6.07) is 4.49. The summed E-state index contributed by atoms with van der Waals surface area (Å²) in [5.41, 5.74) is 0.0357. The Hall–Kier alpha value is -1.58. The third kappa shape index (κ3) is 5.17. The minimum Gasteiger partial charge on any atom is -0.493 e. The minimum atomic E-state index is -0.483. The first-order valence-electron chi connectivity index (χ1n) is 5.89. The van der Waals surface area contributed by atoms with Gasteiger partial charge in [0.1, 0.15) is 17.2 Å². The maximum absolute atomic E-state index is 13.0. The highest BCUT2D eigenvalue weighted by Gasteiger charge is 2.15. The molecule has 0 aromatic heterocycles. The van der Waals surface area contributed by atoms with E-state index >= 15 is 0 Å². The summed E-state index contributed by atoms with van der Waals surface area (Å²) in [5.74, 6) is -0.0201. The highest BCUT2D eigenvalue weighted by Crippen LogP contribution is 2.16. The van der Waals surface area contributed by atoms with Gasteiger partial charge in [0.05, 0.1) is 13.0 Å². The minimum absolute atomic E-state index is 0.174. The summed E-state index contributed by atoms with van der Waals surface area (Å²) in [7, 11) is 0. The van der Waals surface area contributed by atoms with Gasteiger partial charge < -0.3 is 9.47 Å². The zero-order valence-corrected chi connectivity index (χ0v) is 11.2. The number of rotatable bonds is 4. The SMILES string of the molecule is Cc1cc(OCCC(=O)OC(C)(C)C)ccc1F. The predicted octanol–water partition coefficient (Wildman–Crippen LogP) is 3.24. The van der Waals surface area contributed by atoms with E-state index in [1.807, 2.05) is 20.8 Å². The predicted molar refractivity (Wildman–Crippen MR) is 67.1 cm³/mol. The van der Waals surface area contributed by atoms with Crippen molar-refractivity contribution < 1.29 is 18.7 Å². The van der Waals surface area contributed by atoms with Gasteiger partial charge in [-0.1, -0.05) is 0 Å². The number of carbonyl (C=O) groups is 1. The lowest BCUT2D eigenvalue weighted by atomic mass is 10.2. The van der Waals surface area contributed by atoms with Crippen molar-refractivity contribution >= 4 is 5.97 Å². The van der Waals surface area contributed by atoms with Gasteiger partial charge in [-0.15, -0.1) is 0 Å². The van der Waals surface area contributed by atoms with E-state index in [1.165, 1.54) is 12.1 Å². The molecular formula is C14H19FO3. The van der Waals surface area contributed by atoms with Crippen LogP contribution in [0.2, 0.25) is 0 Å². The van der Waals surface area contributed by atoms with Gasteiger partial charge in [-0.3, -0.25) is 4.79 Å². The molecule has 0 fully saturated rings. The third-order valence-corrected chi connectivity index (χ3v) is 2.12. The zero-order chi connectivity index (χ0) is 13.8. The molecule has 0 saturated heterocycles. The molecule has 0 bridgehead atoms. The molecular weight excluding hydrogens is 235 g/mol. The molecule has 0 amide bonds. The third-order valence-electron chi connectivity index (χ3n) is 2.12. The lowest BCUT2D eigenvalue weighted by Crippen LogP contribution is -2.24. The summed E-state index contributed by atoms with van der Waals surface area (Å²) in [4.78, 5) is 11.4. The first-order valence-corrected chi connectivity index (χ1v) is 5.89. The topological polar surface area (TPSA) is 35.5 Å². The zero-order valence-electron chi connectivity index (χ0n) is 11.2. The second kappa shape index (κ2) is 5.85. The fourth-order valence-corrected chi connectivity index (χ4v) is 1.35. The van der Waals surface area contributed by atoms with E-state index in [0.717, 1.165) is 0 Å². The number of esters is 1. The number of halogens is 1. The Kier molecular flexibility index (Phi) is 4.70. The Labute approximate surface area is 107 Å². The number of ether oxygens (including phenoxy) is 2. The Morgan fingerprint density at radius 3 is 2.56 bits per heavy atom. The maximum atomic E-state index is 13.0. The van der Waals surface area contributed by atoms with Crippen molar-refractivity contribution in [2.45, 2.75) is 39.7 Å². The van der Waals surface area contributed by atoms with Crippen LogP contribution in [0.3, 0.4) is 0 Å². The second-order valence-corrected chi connectivity index (χ2v) is 5.10. The van der Waals surface area contributed by atoms with Crippen LogP contribution in [-0.2, 0) is 9.53 Å². The number of aryl methyl sites for hydroxylation is 1. The van der Waals surface area contributed by atoms with Crippen molar-refractivity contribution in [2.24, 2.45) is 0 Å². The Bertz CT molecular complexity index is 422. The van der Waals surface area contributed by atoms with Crippen LogP contribution in [0.1, 0.15) is 32.8 Å². The molecule has 0 unspecified atom stereocenters. The van der Waals surface area contributed by atoms with Crippen molar-refractivity contribution in [3.63, 3.8) is 0 Å². The van der Waals surface area contributed by atoms with Crippen LogP contribution in [0.25, 0.3) is 0 Å². The van der Waals surface area contributed by atoms with Gasteiger partial charge in [0.2, 0.25) is 0 Å². The van der Waals surface area contributed by atoms with E-state index in [4.69, 9.17) is 9.47 Å². The van der Waals surface area contributed by atoms with E-state index in [9.17, 15) is 9.18 Å². The van der Waals surface area contributed by atoms with E-state index in [1.54, 1.807) is 13.0 Å². The van der Waals surface area contributed by atoms with E-state index in [2.05, 4.69) is 0 Å². The van der Waals surface area contributed by atoms with Crippen LogP contribution >= 0.6 is 0 Å². The van der Waals surface area contributed by atoms with Gasteiger partial charge in [0, 0.05) is 0 Å². The highest BCUT2D eigenvalue weighted by atomic mass is 19.1. The standard InChI is InChI=1S/C14H19FO3/c1-10-9-11(5-6-12(10)15)17-8-7-13(16)18-14(2,3)4/h5-6,9H,7-8H2,1-4H3. The molecule has 0 aliphatic rings. The van der Waals surface area contributed by atoms with Gasteiger partial charge >= 0.3 is 5.97 Å². The molecule has 0 aliphatic carbocycles.